The summed E-state index contributed by atoms with van der Waals surface area (Å²) in [6, 6.07) is 0. The van der Waals surface area contributed by atoms with E-state index in [9.17, 15) is 0 Å². The second-order valence-electron chi connectivity index (χ2n) is 5.92. The maximum atomic E-state index is 2.41. The zero-order valence-electron chi connectivity index (χ0n) is 16.3. The van der Waals surface area contributed by atoms with E-state index in [2.05, 4.69) is 41.5 Å². The van der Waals surface area contributed by atoms with Gasteiger partial charge in [-0.15, -0.1) is 31.7 Å². The Morgan fingerprint density at radius 1 is 0.318 bits per heavy atom. The van der Waals surface area contributed by atoms with E-state index in [4.69, 9.17) is 0 Å². The first-order valence-electron chi connectivity index (χ1n) is 9.54. The molecule has 4 heteroatoms. The lowest BCUT2D eigenvalue weighted by molar-refractivity contribution is 1.29. The van der Waals surface area contributed by atoms with Gasteiger partial charge in [0.25, 0.3) is 0 Å². The molecule has 134 valence electrons. The maximum absolute atomic E-state index is 2.41. The van der Waals surface area contributed by atoms with Crippen LogP contribution in [-0.4, -0.2) is 73.9 Å². The van der Waals surface area contributed by atoms with Gasteiger partial charge in [-0.3, -0.25) is 0 Å². The van der Waals surface area contributed by atoms with Crippen LogP contribution in [0.4, 0.5) is 0 Å². The molecular weight excluding hydrogens is 340 g/mol. The molecule has 0 aromatic heterocycles. The van der Waals surface area contributed by atoms with Crippen molar-refractivity contribution in [2.45, 2.75) is 41.5 Å². The van der Waals surface area contributed by atoms with Gasteiger partial charge in [0, 0.05) is 0 Å². The molecule has 0 aliphatic heterocycles. The van der Waals surface area contributed by atoms with Crippen LogP contribution in [0.2, 0.25) is 0 Å². The highest BCUT2D eigenvalue weighted by molar-refractivity contribution is 7.64. The molecule has 0 radical (unpaired) electrons. The first-order valence-corrected chi connectivity index (χ1v) is 17.1. The number of hydrogen-bond acceptors (Lipinski definition) is 0. The lowest BCUT2D eigenvalue weighted by Crippen LogP contribution is -2.06. The first-order chi connectivity index (χ1) is 10.6. The number of hydrogen-bond donors (Lipinski definition) is 0. The summed E-state index contributed by atoms with van der Waals surface area (Å²) in [4.78, 5) is 0. The van der Waals surface area contributed by atoms with Crippen LogP contribution >= 0.6 is 31.7 Å². The van der Waals surface area contributed by atoms with Crippen LogP contribution in [0.1, 0.15) is 41.5 Å². The van der Waals surface area contributed by atoms with Gasteiger partial charge in [-0.05, 0) is 73.9 Å². The van der Waals surface area contributed by atoms with E-state index in [-0.39, 0.29) is 0 Å². The monoisotopic (exact) mass is 382 g/mol. The van der Waals surface area contributed by atoms with Crippen molar-refractivity contribution >= 4 is 31.7 Å². The Hall–Kier alpha value is 1.72. The minimum atomic E-state index is 0.356. The average Bonchev–Trinajstić information content (AvgIpc) is 2.56. The number of rotatable bonds is 15. The average molecular weight is 382 g/mol. The van der Waals surface area contributed by atoms with Crippen LogP contribution in [0.3, 0.4) is 0 Å². The van der Waals surface area contributed by atoms with Crippen LogP contribution in [0, 0.1) is 0 Å². The molecule has 0 aliphatic rings. The zero-order chi connectivity index (χ0) is 16.8. The Morgan fingerprint density at radius 3 is 0.682 bits per heavy atom. The van der Waals surface area contributed by atoms with Crippen molar-refractivity contribution < 1.29 is 0 Å². The fourth-order valence-corrected chi connectivity index (χ4v) is 13.5. The SMILES string of the molecule is CCP(CC)CCP(CCP(CC)CC)CCP(CC)CC. The first kappa shape index (κ1) is 23.7. The summed E-state index contributed by atoms with van der Waals surface area (Å²) >= 11 is 0. The van der Waals surface area contributed by atoms with E-state index in [0.29, 0.717) is 31.7 Å². The molecule has 22 heavy (non-hydrogen) atoms. The van der Waals surface area contributed by atoms with Crippen LogP contribution in [0.25, 0.3) is 0 Å². The van der Waals surface area contributed by atoms with Gasteiger partial charge in [-0.25, -0.2) is 0 Å². The molecule has 0 nitrogen and oxygen atoms in total. The lowest BCUT2D eigenvalue weighted by Gasteiger charge is -2.25. The normalized spacial score (nSPS) is 12.3. The Morgan fingerprint density at radius 2 is 0.500 bits per heavy atom. The van der Waals surface area contributed by atoms with Gasteiger partial charge in [0.15, 0.2) is 0 Å². The minimum absolute atomic E-state index is 0.356. The predicted molar refractivity (Wildman–Crippen MR) is 120 cm³/mol. The van der Waals surface area contributed by atoms with Crippen molar-refractivity contribution in [3.63, 3.8) is 0 Å². The predicted octanol–water partition coefficient (Wildman–Crippen LogP) is 7.03. The van der Waals surface area contributed by atoms with E-state index >= 15 is 0 Å². The Bertz CT molecular complexity index is 185. The van der Waals surface area contributed by atoms with Crippen molar-refractivity contribution in [1.82, 2.24) is 0 Å². The molecule has 0 aliphatic carbocycles. The summed E-state index contributed by atoms with van der Waals surface area (Å²) in [5.41, 5.74) is 0. The van der Waals surface area contributed by atoms with E-state index in [0.717, 1.165) is 0 Å². The van der Waals surface area contributed by atoms with E-state index < -0.39 is 0 Å². The Labute approximate surface area is 147 Å². The maximum Gasteiger partial charge on any atom is -0.0286 e. The van der Waals surface area contributed by atoms with Gasteiger partial charge >= 0.3 is 0 Å². The highest BCUT2D eigenvalue weighted by atomic mass is 31.1. The molecular formula is C18H42P4. The van der Waals surface area contributed by atoms with Gasteiger partial charge in [0.1, 0.15) is 0 Å². The molecule has 0 N–H and O–H groups in total. The topological polar surface area (TPSA) is 0 Å². The summed E-state index contributed by atoms with van der Waals surface area (Å²) < 4.78 is 0. The lowest BCUT2D eigenvalue weighted by atomic mass is 10.9. The standard InChI is InChI=1S/C18H42P4/c1-7-19(8-2)13-16-22(17-14-20(9-3)10-4)18-15-21(11-5)12-6/h7-18H2,1-6H3. The van der Waals surface area contributed by atoms with Crippen LogP contribution in [0.5, 0.6) is 0 Å². The minimum Gasteiger partial charge on any atom is -0.107 e. The van der Waals surface area contributed by atoms with Crippen molar-refractivity contribution in [1.29, 1.82) is 0 Å². The molecule has 0 spiro atoms. The van der Waals surface area contributed by atoms with Crippen LogP contribution in [-0.2, 0) is 0 Å². The van der Waals surface area contributed by atoms with Gasteiger partial charge < -0.3 is 0 Å². The molecule has 0 fully saturated rings. The molecule has 0 atom stereocenters. The highest BCUT2D eigenvalue weighted by Gasteiger charge is 2.14. The van der Waals surface area contributed by atoms with E-state index in [1.54, 1.807) is 37.0 Å². The molecule has 0 aromatic carbocycles. The molecule has 0 saturated carbocycles. The van der Waals surface area contributed by atoms with Gasteiger partial charge in [-0.1, -0.05) is 41.5 Å². The molecule has 0 bridgehead atoms. The summed E-state index contributed by atoms with van der Waals surface area (Å²) in [6.07, 6.45) is 18.3. The van der Waals surface area contributed by atoms with Crippen molar-refractivity contribution in [3.05, 3.63) is 0 Å². The third-order valence-corrected chi connectivity index (χ3v) is 16.4. The highest BCUT2D eigenvalue weighted by Crippen LogP contribution is 2.48. The Kier molecular flexibility index (Phi) is 17.5. The summed E-state index contributed by atoms with van der Waals surface area (Å²) in [6.45, 7) is 14.5. The van der Waals surface area contributed by atoms with Crippen LogP contribution in [0.15, 0.2) is 0 Å². The molecule has 0 aromatic rings. The third-order valence-electron chi connectivity index (χ3n) is 4.88. The fraction of sp³-hybridized carbons (Fsp3) is 1.00. The summed E-state index contributed by atoms with van der Waals surface area (Å²) in [5, 5.41) is 0. The van der Waals surface area contributed by atoms with Crippen LogP contribution < -0.4 is 0 Å². The zero-order valence-corrected chi connectivity index (χ0v) is 19.9. The van der Waals surface area contributed by atoms with Crippen molar-refractivity contribution in [3.8, 4) is 0 Å². The second-order valence-corrected chi connectivity index (χ2v) is 17.8. The van der Waals surface area contributed by atoms with Gasteiger partial charge in [0.05, 0.1) is 0 Å². The quantitative estimate of drug-likeness (QED) is 0.267. The smallest absolute Gasteiger partial charge is 0.0286 e. The third kappa shape index (κ3) is 11.3. The Balaban J connectivity index is 4.34. The molecule has 0 amide bonds. The second kappa shape index (κ2) is 16.2. The van der Waals surface area contributed by atoms with Gasteiger partial charge in [-0.2, -0.15) is 0 Å². The van der Waals surface area contributed by atoms with Crippen molar-refractivity contribution in [2.75, 3.05) is 73.9 Å². The van der Waals surface area contributed by atoms with E-state index in [1.165, 1.54) is 37.0 Å². The molecule has 0 saturated heterocycles. The van der Waals surface area contributed by atoms with Gasteiger partial charge in [0.2, 0.25) is 0 Å². The molecule has 0 unspecified atom stereocenters. The van der Waals surface area contributed by atoms with Crippen molar-refractivity contribution in [2.24, 2.45) is 0 Å². The largest absolute Gasteiger partial charge is 0.107 e. The van der Waals surface area contributed by atoms with E-state index in [1.807, 2.05) is 0 Å². The summed E-state index contributed by atoms with van der Waals surface area (Å²) in [7, 11) is 1.47. The molecule has 0 heterocycles. The summed E-state index contributed by atoms with van der Waals surface area (Å²) in [5.74, 6) is 0. The fourth-order valence-electron chi connectivity index (χ4n) is 2.80. The molecule has 0 rings (SSSR count).